The number of anilines is 1. The zero-order valence-corrected chi connectivity index (χ0v) is 15.1. The Bertz CT molecular complexity index is 444. The van der Waals surface area contributed by atoms with Gasteiger partial charge in [0.25, 0.3) is 0 Å². The minimum absolute atomic E-state index is 0.133. The molecule has 3 nitrogen and oxygen atoms in total. The molecule has 0 aromatic carbocycles. The molecule has 0 spiro atoms. The van der Waals surface area contributed by atoms with E-state index >= 15 is 0 Å². The van der Waals surface area contributed by atoms with Gasteiger partial charge in [-0.2, -0.15) is 0 Å². The SMILES string of the molecule is Cc1cc(CNC(C)(C)C)cnc1N(CC(C)C)C(C)C. The van der Waals surface area contributed by atoms with Gasteiger partial charge in [0.2, 0.25) is 0 Å². The van der Waals surface area contributed by atoms with E-state index in [1.807, 2.05) is 6.20 Å². The fourth-order valence-corrected chi connectivity index (χ4v) is 2.33. The molecule has 0 bridgehead atoms. The molecule has 0 aliphatic rings. The van der Waals surface area contributed by atoms with E-state index in [1.54, 1.807) is 0 Å². The van der Waals surface area contributed by atoms with Crippen molar-refractivity contribution in [2.24, 2.45) is 5.92 Å². The van der Waals surface area contributed by atoms with E-state index in [0.29, 0.717) is 12.0 Å². The van der Waals surface area contributed by atoms with Crippen molar-refractivity contribution in [2.45, 2.75) is 73.5 Å². The third-order valence-corrected chi connectivity index (χ3v) is 3.39. The van der Waals surface area contributed by atoms with E-state index in [0.717, 1.165) is 18.9 Å². The quantitative estimate of drug-likeness (QED) is 0.853. The van der Waals surface area contributed by atoms with Crippen molar-refractivity contribution in [3.05, 3.63) is 23.4 Å². The van der Waals surface area contributed by atoms with Crippen molar-refractivity contribution in [1.82, 2.24) is 10.3 Å². The molecule has 1 rings (SSSR count). The minimum Gasteiger partial charge on any atom is -0.354 e. The van der Waals surface area contributed by atoms with Crippen molar-refractivity contribution in [3.8, 4) is 0 Å². The van der Waals surface area contributed by atoms with Crippen LogP contribution in [0.4, 0.5) is 5.82 Å². The Kier molecular flexibility index (Phi) is 6.21. The predicted octanol–water partition coefficient (Wildman–Crippen LogP) is 4.15. The van der Waals surface area contributed by atoms with Crippen molar-refractivity contribution in [3.63, 3.8) is 0 Å². The van der Waals surface area contributed by atoms with E-state index in [2.05, 4.69) is 71.7 Å². The van der Waals surface area contributed by atoms with Crippen molar-refractivity contribution < 1.29 is 0 Å². The Labute approximate surface area is 131 Å². The van der Waals surface area contributed by atoms with Crippen LogP contribution in [-0.2, 0) is 6.54 Å². The highest BCUT2D eigenvalue weighted by Crippen LogP contribution is 2.21. The standard InChI is InChI=1S/C18H33N3/c1-13(2)12-21(14(3)4)17-15(5)9-16(10-19-17)11-20-18(6,7)8/h9-10,13-14,20H,11-12H2,1-8H3. The maximum Gasteiger partial charge on any atom is 0.131 e. The number of aromatic nitrogens is 1. The number of nitrogens with zero attached hydrogens (tertiary/aromatic N) is 2. The summed E-state index contributed by atoms with van der Waals surface area (Å²) >= 11 is 0. The smallest absolute Gasteiger partial charge is 0.131 e. The lowest BCUT2D eigenvalue weighted by atomic mass is 10.1. The fourth-order valence-electron chi connectivity index (χ4n) is 2.33. The van der Waals surface area contributed by atoms with Crippen LogP contribution in [-0.4, -0.2) is 23.1 Å². The van der Waals surface area contributed by atoms with E-state index < -0.39 is 0 Å². The third kappa shape index (κ3) is 6.04. The van der Waals surface area contributed by atoms with Gasteiger partial charge in [0.1, 0.15) is 5.82 Å². The van der Waals surface area contributed by atoms with Crippen LogP contribution >= 0.6 is 0 Å². The number of nitrogens with one attached hydrogen (secondary N) is 1. The average molecular weight is 291 g/mol. The van der Waals surface area contributed by atoms with Crippen LogP contribution in [0.25, 0.3) is 0 Å². The van der Waals surface area contributed by atoms with Crippen LogP contribution in [0.2, 0.25) is 0 Å². The van der Waals surface area contributed by atoms with Gasteiger partial charge in [-0.1, -0.05) is 13.8 Å². The van der Waals surface area contributed by atoms with Crippen molar-refractivity contribution in [2.75, 3.05) is 11.4 Å². The van der Waals surface area contributed by atoms with Crippen LogP contribution in [0.1, 0.15) is 59.6 Å². The Balaban J connectivity index is 2.90. The van der Waals surface area contributed by atoms with Crippen LogP contribution in [0.3, 0.4) is 0 Å². The van der Waals surface area contributed by atoms with Crippen molar-refractivity contribution in [1.29, 1.82) is 0 Å². The summed E-state index contributed by atoms with van der Waals surface area (Å²) < 4.78 is 0. The number of rotatable bonds is 6. The summed E-state index contributed by atoms with van der Waals surface area (Å²) in [5.41, 5.74) is 2.64. The summed E-state index contributed by atoms with van der Waals surface area (Å²) in [6.07, 6.45) is 2.01. The van der Waals surface area contributed by atoms with Crippen LogP contribution < -0.4 is 10.2 Å². The highest BCUT2D eigenvalue weighted by atomic mass is 15.2. The molecule has 0 unspecified atom stereocenters. The summed E-state index contributed by atoms with van der Waals surface area (Å²) in [5.74, 6) is 1.76. The first-order valence-corrected chi connectivity index (χ1v) is 8.07. The molecule has 21 heavy (non-hydrogen) atoms. The second-order valence-corrected chi connectivity index (χ2v) is 7.73. The van der Waals surface area contributed by atoms with Gasteiger partial charge in [0, 0.05) is 30.9 Å². The second kappa shape index (κ2) is 7.26. The largest absolute Gasteiger partial charge is 0.354 e. The molecule has 0 fully saturated rings. The zero-order valence-electron chi connectivity index (χ0n) is 15.1. The van der Waals surface area contributed by atoms with Gasteiger partial charge in [-0.05, 0) is 64.7 Å². The average Bonchev–Trinajstić information content (AvgIpc) is 2.33. The molecule has 0 radical (unpaired) electrons. The molecule has 1 heterocycles. The van der Waals surface area contributed by atoms with Gasteiger partial charge < -0.3 is 10.2 Å². The van der Waals surface area contributed by atoms with Crippen molar-refractivity contribution >= 4 is 5.82 Å². The fraction of sp³-hybridized carbons (Fsp3) is 0.722. The lowest BCUT2D eigenvalue weighted by molar-refractivity contribution is 0.424. The summed E-state index contributed by atoms with van der Waals surface area (Å²) in [6.45, 7) is 19.6. The number of hydrogen-bond acceptors (Lipinski definition) is 3. The molecule has 0 amide bonds. The van der Waals surface area contributed by atoms with Crippen LogP contribution in [0, 0.1) is 12.8 Å². The molecule has 1 aromatic rings. The van der Waals surface area contributed by atoms with E-state index in [1.165, 1.54) is 11.1 Å². The van der Waals surface area contributed by atoms with Gasteiger partial charge in [-0.15, -0.1) is 0 Å². The first-order chi connectivity index (χ1) is 9.60. The number of pyridine rings is 1. The number of aryl methyl sites for hydroxylation is 1. The van der Waals surface area contributed by atoms with Crippen LogP contribution in [0.15, 0.2) is 12.3 Å². The molecule has 0 atom stereocenters. The topological polar surface area (TPSA) is 28.2 Å². The first kappa shape index (κ1) is 18.0. The Morgan fingerprint density at radius 3 is 2.24 bits per heavy atom. The van der Waals surface area contributed by atoms with E-state index in [9.17, 15) is 0 Å². The summed E-state index contributed by atoms with van der Waals surface area (Å²) in [4.78, 5) is 7.14. The predicted molar refractivity (Wildman–Crippen MR) is 92.9 cm³/mol. The molecule has 0 saturated heterocycles. The van der Waals surface area contributed by atoms with Gasteiger partial charge in [-0.25, -0.2) is 4.98 Å². The van der Waals surface area contributed by atoms with E-state index in [-0.39, 0.29) is 5.54 Å². The number of hydrogen-bond donors (Lipinski definition) is 1. The zero-order chi connectivity index (χ0) is 16.2. The molecule has 120 valence electrons. The van der Waals surface area contributed by atoms with Gasteiger partial charge in [0.15, 0.2) is 0 Å². The summed E-state index contributed by atoms with van der Waals surface area (Å²) in [5, 5.41) is 3.52. The Morgan fingerprint density at radius 2 is 1.81 bits per heavy atom. The lowest BCUT2D eigenvalue weighted by Crippen LogP contribution is -2.36. The summed E-state index contributed by atoms with van der Waals surface area (Å²) in [6, 6.07) is 2.73. The maximum absolute atomic E-state index is 4.74. The Morgan fingerprint density at radius 1 is 1.19 bits per heavy atom. The van der Waals surface area contributed by atoms with Gasteiger partial charge >= 0.3 is 0 Å². The molecule has 0 aliphatic heterocycles. The monoisotopic (exact) mass is 291 g/mol. The second-order valence-electron chi connectivity index (χ2n) is 7.73. The van der Waals surface area contributed by atoms with Gasteiger partial charge in [-0.3, -0.25) is 0 Å². The third-order valence-electron chi connectivity index (χ3n) is 3.39. The highest BCUT2D eigenvalue weighted by Gasteiger charge is 2.16. The normalized spacial score (nSPS) is 12.3. The maximum atomic E-state index is 4.74. The molecular formula is C18H33N3. The molecule has 0 aliphatic carbocycles. The Hall–Kier alpha value is -1.09. The highest BCUT2D eigenvalue weighted by molar-refractivity contribution is 5.48. The van der Waals surface area contributed by atoms with Gasteiger partial charge in [0.05, 0.1) is 0 Å². The molecule has 0 saturated carbocycles. The molecule has 1 N–H and O–H groups in total. The first-order valence-electron chi connectivity index (χ1n) is 8.07. The molecular weight excluding hydrogens is 258 g/mol. The molecule has 1 aromatic heterocycles. The molecule has 3 heteroatoms. The minimum atomic E-state index is 0.133. The summed E-state index contributed by atoms with van der Waals surface area (Å²) in [7, 11) is 0. The lowest BCUT2D eigenvalue weighted by Gasteiger charge is -2.31. The van der Waals surface area contributed by atoms with E-state index in [4.69, 9.17) is 4.98 Å². The van der Waals surface area contributed by atoms with Crippen LogP contribution in [0.5, 0.6) is 0 Å².